The maximum absolute atomic E-state index is 14.9. The van der Waals surface area contributed by atoms with Gasteiger partial charge in [0.15, 0.2) is 6.10 Å². The molecule has 0 saturated carbocycles. The van der Waals surface area contributed by atoms with Gasteiger partial charge in [0, 0.05) is 57.5 Å². The number of nitrogens with zero attached hydrogens (tertiary/aromatic N) is 3. The molecule has 4 aliphatic heterocycles. The molecule has 6 atom stereocenters. The van der Waals surface area contributed by atoms with Crippen LogP contribution in [0.25, 0.3) is 0 Å². The van der Waals surface area contributed by atoms with E-state index in [0.717, 1.165) is 66.5 Å². The molecule has 4 saturated heterocycles. The normalized spacial score (nSPS) is 24.5. The van der Waals surface area contributed by atoms with E-state index >= 15 is 0 Å². The number of benzene rings is 4. The van der Waals surface area contributed by atoms with Gasteiger partial charge in [-0.1, -0.05) is 83.9 Å². The molecule has 4 aliphatic rings. The molecule has 328 valence electrons. The van der Waals surface area contributed by atoms with E-state index in [0.29, 0.717) is 45.6 Å². The van der Waals surface area contributed by atoms with Crippen LogP contribution < -0.4 is 5.32 Å². The summed E-state index contributed by atoms with van der Waals surface area (Å²) < 4.78 is 55.3. The predicted molar refractivity (Wildman–Crippen MR) is 231 cm³/mol. The summed E-state index contributed by atoms with van der Waals surface area (Å²) in [5.74, 6) is 0.107. The molecule has 8 rings (SSSR count). The number of nitrogens with one attached hydrogen (secondary N) is 1. The van der Waals surface area contributed by atoms with Crippen LogP contribution in [0.2, 0.25) is 0 Å². The average Bonchev–Trinajstić information content (AvgIpc) is 3.76. The molecule has 61 heavy (non-hydrogen) atoms. The zero-order valence-electron chi connectivity index (χ0n) is 35.1. The largest absolute Gasteiger partial charge is 0.508 e. The molecular weight excluding hydrogens is 803 g/mol. The molecule has 0 unspecified atom stereocenters. The fourth-order valence-corrected chi connectivity index (χ4v) is 9.04. The van der Waals surface area contributed by atoms with Gasteiger partial charge in [-0.05, 0) is 92.7 Å². The van der Waals surface area contributed by atoms with E-state index in [1.807, 2.05) is 41.0 Å². The lowest BCUT2D eigenvalue weighted by molar-refractivity contribution is -0.134. The first-order valence-corrected chi connectivity index (χ1v) is 22.8. The van der Waals surface area contributed by atoms with Gasteiger partial charge in [-0.2, -0.15) is 8.42 Å². The Balaban J connectivity index is 0.000000164. The number of amides is 2. The number of carbonyl (C=O) groups is 2. The van der Waals surface area contributed by atoms with Crippen LogP contribution in [-0.2, 0) is 37.0 Å². The number of likely N-dealkylation sites (tertiary alicyclic amines) is 3. The molecule has 2 amide bonds. The van der Waals surface area contributed by atoms with Gasteiger partial charge >= 0.3 is 0 Å². The Hall–Kier alpha value is -4.89. The molecule has 4 fully saturated rings. The van der Waals surface area contributed by atoms with Crippen LogP contribution in [0.15, 0.2) is 97.1 Å². The van der Waals surface area contributed by atoms with E-state index in [2.05, 4.69) is 36.5 Å². The van der Waals surface area contributed by atoms with E-state index < -0.39 is 28.6 Å². The topological polar surface area (TPSA) is 140 Å². The minimum atomic E-state index is -3.59. The molecule has 3 N–H and O–H groups in total. The third-order valence-corrected chi connectivity index (χ3v) is 12.4. The fraction of sp³-hybridized carbons (Fsp3) is 0.447. The highest BCUT2D eigenvalue weighted by Gasteiger charge is 2.41. The van der Waals surface area contributed by atoms with Gasteiger partial charge in [0.25, 0.3) is 16.0 Å². The van der Waals surface area contributed by atoms with Gasteiger partial charge in [0.2, 0.25) is 5.91 Å². The number of phenolic OH excluding ortho intramolecular Hbond substituents is 2. The maximum atomic E-state index is 14.9. The van der Waals surface area contributed by atoms with Crippen LogP contribution in [0.1, 0.15) is 70.9 Å². The highest BCUT2D eigenvalue weighted by molar-refractivity contribution is 7.86. The number of hydrogen-bond donors (Lipinski definition) is 3. The highest BCUT2D eigenvalue weighted by atomic mass is 32.2. The minimum absolute atomic E-state index is 0.0168. The van der Waals surface area contributed by atoms with E-state index in [1.54, 1.807) is 53.4 Å². The monoisotopic (exact) mass is 860 g/mol. The van der Waals surface area contributed by atoms with Crippen molar-refractivity contribution >= 4 is 21.9 Å². The summed E-state index contributed by atoms with van der Waals surface area (Å²) in [7, 11) is -3.59. The van der Waals surface area contributed by atoms with Gasteiger partial charge in [0.1, 0.15) is 23.8 Å². The second kappa shape index (κ2) is 20.8. The first kappa shape index (κ1) is 45.6. The standard InChI is InChI=1S/C23H27FN2O2.C13H17NO4S.C11H14FNO/c1-16-2-4-17(5-3-16)14-26-13-11-22(23(26)28)25-12-10-20(21(24)15-25)18-6-8-19(27)9-7-18;1-10-3-5-11(6-4-10)9-14-8-7-12(13(14)15)18-19(2,16)17;12-11-7-13-6-5-10(11)8-1-3-9(14)4-2-8/h2-9,20-22,27H,10-15H2,1H3;3-6,12H,7-9H2,1-2H3;1-4,10-11,13-14H,5-7H2/t20-,21+,22+;12-;10-,11+/m000/s1. The van der Waals surface area contributed by atoms with Crippen molar-refractivity contribution in [1.29, 1.82) is 0 Å². The molecule has 0 bridgehead atoms. The lowest BCUT2D eigenvalue weighted by Gasteiger charge is -2.37. The molecule has 0 spiro atoms. The Morgan fingerprint density at radius 1 is 0.656 bits per heavy atom. The summed E-state index contributed by atoms with van der Waals surface area (Å²) in [6, 6.07) is 29.6. The van der Waals surface area contributed by atoms with Crippen molar-refractivity contribution in [2.45, 2.75) is 88.9 Å². The SMILES string of the molecule is Cc1ccc(CN2CC[C@@H](N3CC[C@@H](c4ccc(O)cc4)[C@H](F)C3)C2=O)cc1.Cc1ccc(CN2CC[C@H](OS(C)(=O)=O)C2=O)cc1.Oc1ccc([C@@H]2CCNC[C@H]2F)cc1. The predicted octanol–water partition coefficient (Wildman–Crippen LogP) is 6.51. The summed E-state index contributed by atoms with van der Waals surface area (Å²) in [6.07, 6.45) is 0.979. The summed E-state index contributed by atoms with van der Waals surface area (Å²) >= 11 is 0. The van der Waals surface area contributed by atoms with Crippen LogP contribution in [0.3, 0.4) is 0 Å². The molecule has 0 aliphatic carbocycles. The number of rotatable bonds is 9. The summed E-state index contributed by atoms with van der Waals surface area (Å²) in [5, 5.41) is 21.6. The number of carbonyl (C=O) groups excluding carboxylic acids is 2. The number of hydrogen-bond acceptors (Lipinski definition) is 9. The van der Waals surface area contributed by atoms with Crippen molar-refractivity contribution in [2.75, 3.05) is 45.5 Å². The van der Waals surface area contributed by atoms with E-state index in [9.17, 15) is 31.9 Å². The average molecular weight is 861 g/mol. The van der Waals surface area contributed by atoms with Crippen molar-refractivity contribution in [1.82, 2.24) is 20.0 Å². The van der Waals surface area contributed by atoms with Gasteiger partial charge in [0.05, 0.1) is 12.3 Å². The molecular formula is C47H58F2N4O7S. The Morgan fingerprint density at radius 2 is 1.15 bits per heavy atom. The third kappa shape index (κ3) is 12.8. The first-order chi connectivity index (χ1) is 29.1. The molecule has 4 heterocycles. The molecule has 4 aromatic carbocycles. The summed E-state index contributed by atoms with van der Waals surface area (Å²) in [5.41, 5.74) is 6.43. The van der Waals surface area contributed by atoms with Crippen molar-refractivity contribution in [3.8, 4) is 11.5 Å². The lowest BCUT2D eigenvalue weighted by Crippen LogP contribution is -2.49. The quantitative estimate of drug-likeness (QED) is 0.161. The van der Waals surface area contributed by atoms with Gasteiger partial charge in [-0.15, -0.1) is 0 Å². The van der Waals surface area contributed by atoms with Crippen LogP contribution in [-0.4, -0.2) is 115 Å². The molecule has 14 heteroatoms. The molecule has 11 nitrogen and oxygen atoms in total. The Morgan fingerprint density at radius 3 is 1.64 bits per heavy atom. The summed E-state index contributed by atoms with van der Waals surface area (Å²) in [4.78, 5) is 30.4. The van der Waals surface area contributed by atoms with Crippen LogP contribution in [0.5, 0.6) is 11.5 Å². The maximum Gasteiger partial charge on any atom is 0.265 e. The zero-order valence-corrected chi connectivity index (χ0v) is 35.9. The van der Waals surface area contributed by atoms with Crippen LogP contribution in [0, 0.1) is 13.8 Å². The molecule has 0 aromatic heterocycles. The van der Waals surface area contributed by atoms with Crippen LogP contribution >= 0.6 is 0 Å². The van der Waals surface area contributed by atoms with Gasteiger partial charge < -0.3 is 25.3 Å². The minimum Gasteiger partial charge on any atom is -0.508 e. The molecule has 4 aromatic rings. The Bertz CT molecular complexity index is 2160. The van der Waals surface area contributed by atoms with Gasteiger partial charge in [-0.25, -0.2) is 8.78 Å². The highest BCUT2D eigenvalue weighted by Crippen LogP contribution is 2.34. The van der Waals surface area contributed by atoms with Crippen LogP contribution in [0.4, 0.5) is 8.78 Å². The second-order valence-electron chi connectivity index (χ2n) is 16.6. The summed E-state index contributed by atoms with van der Waals surface area (Å²) in [6.45, 7) is 8.73. The van der Waals surface area contributed by atoms with E-state index in [4.69, 9.17) is 9.29 Å². The number of phenols is 2. The zero-order chi connectivity index (χ0) is 43.7. The van der Waals surface area contributed by atoms with Crippen molar-refractivity contribution < 1.29 is 41.2 Å². The van der Waals surface area contributed by atoms with Crippen molar-refractivity contribution in [3.63, 3.8) is 0 Å². The van der Waals surface area contributed by atoms with E-state index in [-0.39, 0.29) is 41.2 Å². The molecule has 0 radical (unpaired) electrons. The number of piperidine rings is 2. The second-order valence-corrected chi connectivity index (χ2v) is 18.2. The lowest BCUT2D eigenvalue weighted by atomic mass is 9.87. The number of aryl methyl sites for hydroxylation is 2. The number of halogens is 2. The number of alkyl halides is 2. The van der Waals surface area contributed by atoms with E-state index in [1.165, 1.54) is 5.56 Å². The Labute approximate surface area is 358 Å². The van der Waals surface area contributed by atoms with Crippen molar-refractivity contribution in [2.24, 2.45) is 0 Å². The number of aromatic hydroxyl groups is 2. The third-order valence-electron chi connectivity index (χ3n) is 11.9. The van der Waals surface area contributed by atoms with Gasteiger partial charge in [-0.3, -0.25) is 18.7 Å². The fourth-order valence-electron chi connectivity index (χ4n) is 8.44. The first-order valence-electron chi connectivity index (χ1n) is 21.0. The van der Waals surface area contributed by atoms with Crippen molar-refractivity contribution in [3.05, 3.63) is 130 Å². The Kier molecular flexibility index (Phi) is 15.5. The smallest absolute Gasteiger partial charge is 0.265 e.